The van der Waals surface area contributed by atoms with Gasteiger partial charge >= 0.3 is 0 Å². The molecule has 0 heterocycles. The maximum absolute atomic E-state index is 6.08. The van der Waals surface area contributed by atoms with Gasteiger partial charge in [0.2, 0.25) is 0 Å². The van der Waals surface area contributed by atoms with Gasteiger partial charge in [-0.2, -0.15) is 0 Å². The Morgan fingerprint density at radius 3 is 2.31 bits per heavy atom. The average Bonchev–Trinajstić information content (AvgIpc) is 2.04. The maximum atomic E-state index is 6.08. The Morgan fingerprint density at radius 2 is 1.92 bits per heavy atom. The number of hydrogen-bond donors (Lipinski definition) is 1. The molecule has 0 aliphatic heterocycles. The second-order valence-electron chi connectivity index (χ2n) is 4.60. The van der Waals surface area contributed by atoms with E-state index in [2.05, 4.69) is 27.7 Å². The van der Waals surface area contributed by atoms with Crippen molar-refractivity contribution in [1.29, 1.82) is 0 Å². The molecule has 0 fully saturated rings. The quantitative estimate of drug-likeness (QED) is 0.693. The Labute approximate surface area is 82.8 Å². The molecule has 2 N–H and O–H groups in total. The second-order valence-corrected chi connectivity index (χ2v) is 4.60. The standard InChI is InChI=1S/C11H25NO/c1-6-7-9(2)10(12)8-11(3,4)13-5/h9-10H,6-8,12H2,1-5H3. The Morgan fingerprint density at radius 1 is 1.38 bits per heavy atom. The molecule has 0 saturated heterocycles. The number of hydrogen-bond acceptors (Lipinski definition) is 2. The van der Waals surface area contributed by atoms with Gasteiger partial charge < -0.3 is 10.5 Å². The van der Waals surface area contributed by atoms with Crippen molar-refractivity contribution in [3.8, 4) is 0 Å². The summed E-state index contributed by atoms with van der Waals surface area (Å²) in [6.07, 6.45) is 3.36. The molecule has 2 nitrogen and oxygen atoms in total. The molecule has 0 rings (SSSR count). The molecule has 13 heavy (non-hydrogen) atoms. The highest BCUT2D eigenvalue weighted by atomic mass is 16.5. The lowest BCUT2D eigenvalue weighted by molar-refractivity contribution is 0.00576. The molecule has 80 valence electrons. The Bertz CT molecular complexity index is 134. The molecule has 0 amide bonds. The van der Waals surface area contributed by atoms with E-state index in [1.54, 1.807) is 7.11 Å². The van der Waals surface area contributed by atoms with Crippen LogP contribution in [0.2, 0.25) is 0 Å². The van der Waals surface area contributed by atoms with Crippen molar-refractivity contribution in [1.82, 2.24) is 0 Å². The number of nitrogens with two attached hydrogens (primary N) is 1. The van der Waals surface area contributed by atoms with Crippen molar-refractivity contribution in [2.75, 3.05) is 7.11 Å². The summed E-state index contributed by atoms with van der Waals surface area (Å²) in [7, 11) is 1.75. The molecule has 0 radical (unpaired) electrons. The van der Waals surface area contributed by atoms with Crippen LogP contribution < -0.4 is 5.73 Å². The van der Waals surface area contributed by atoms with E-state index in [1.807, 2.05) is 0 Å². The SMILES string of the molecule is CCCC(C)C(N)CC(C)(C)OC. The van der Waals surface area contributed by atoms with Gasteiger partial charge in [0.15, 0.2) is 0 Å². The summed E-state index contributed by atoms with van der Waals surface area (Å²) in [6, 6.07) is 0.259. The van der Waals surface area contributed by atoms with E-state index in [4.69, 9.17) is 10.5 Å². The van der Waals surface area contributed by atoms with Gasteiger partial charge in [0.1, 0.15) is 0 Å². The molecule has 2 heteroatoms. The van der Waals surface area contributed by atoms with Crippen LogP contribution >= 0.6 is 0 Å². The van der Waals surface area contributed by atoms with E-state index in [-0.39, 0.29) is 11.6 Å². The lowest BCUT2D eigenvalue weighted by Gasteiger charge is -2.29. The van der Waals surface area contributed by atoms with Crippen LogP contribution in [0.1, 0.15) is 47.0 Å². The first kappa shape index (κ1) is 12.9. The largest absolute Gasteiger partial charge is 0.379 e. The highest BCUT2D eigenvalue weighted by molar-refractivity contribution is 4.79. The van der Waals surface area contributed by atoms with Gasteiger partial charge in [0, 0.05) is 13.2 Å². The van der Waals surface area contributed by atoms with Gasteiger partial charge in [-0.15, -0.1) is 0 Å². The molecule has 0 aromatic carbocycles. The Kier molecular flexibility index (Phi) is 5.57. The van der Waals surface area contributed by atoms with Gasteiger partial charge in [-0.25, -0.2) is 0 Å². The summed E-state index contributed by atoms with van der Waals surface area (Å²) in [5.74, 6) is 0.597. The molecule has 0 aliphatic carbocycles. The minimum Gasteiger partial charge on any atom is -0.379 e. The lowest BCUT2D eigenvalue weighted by Crippen LogP contribution is -2.37. The fraction of sp³-hybridized carbons (Fsp3) is 1.00. The summed E-state index contributed by atoms with van der Waals surface area (Å²) < 4.78 is 5.36. The van der Waals surface area contributed by atoms with Gasteiger partial charge in [-0.05, 0) is 32.6 Å². The first-order valence-corrected chi connectivity index (χ1v) is 5.23. The molecule has 0 aliphatic rings. The van der Waals surface area contributed by atoms with Gasteiger partial charge in [0.05, 0.1) is 5.60 Å². The van der Waals surface area contributed by atoms with Gasteiger partial charge in [-0.1, -0.05) is 20.3 Å². The number of methoxy groups -OCH3 is 1. The summed E-state index contributed by atoms with van der Waals surface area (Å²) >= 11 is 0. The Hall–Kier alpha value is -0.0800. The Balaban J connectivity index is 3.91. The molecule has 0 saturated carbocycles. The fourth-order valence-corrected chi connectivity index (χ4v) is 1.52. The minimum absolute atomic E-state index is 0.0819. The topological polar surface area (TPSA) is 35.2 Å². The van der Waals surface area contributed by atoms with Crippen LogP contribution in [0.5, 0.6) is 0 Å². The molecule has 2 unspecified atom stereocenters. The molecular formula is C11H25NO. The van der Waals surface area contributed by atoms with E-state index in [0.29, 0.717) is 5.92 Å². The average molecular weight is 187 g/mol. The zero-order chi connectivity index (χ0) is 10.5. The number of rotatable bonds is 6. The monoisotopic (exact) mass is 187 g/mol. The third-order valence-corrected chi connectivity index (χ3v) is 2.75. The number of ether oxygens (including phenoxy) is 1. The van der Waals surface area contributed by atoms with E-state index in [0.717, 1.165) is 6.42 Å². The highest BCUT2D eigenvalue weighted by Crippen LogP contribution is 2.20. The smallest absolute Gasteiger partial charge is 0.0637 e. The molecule has 0 aromatic rings. The first-order valence-electron chi connectivity index (χ1n) is 5.23. The first-order chi connectivity index (χ1) is 5.93. The second kappa shape index (κ2) is 5.61. The van der Waals surface area contributed by atoms with Crippen LogP contribution in [0.3, 0.4) is 0 Å². The molecule has 2 atom stereocenters. The zero-order valence-electron chi connectivity index (χ0n) is 9.76. The van der Waals surface area contributed by atoms with E-state index >= 15 is 0 Å². The predicted molar refractivity (Wildman–Crippen MR) is 57.8 cm³/mol. The zero-order valence-corrected chi connectivity index (χ0v) is 9.76. The van der Waals surface area contributed by atoms with Crippen molar-refractivity contribution in [2.45, 2.75) is 58.6 Å². The summed E-state index contributed by atoms with van der Waals surface area (Å²) in [5, 5.41) is 0. The van der Waals surface area contributed by atoms with Crippen LogP contribution in [0.4, 0.5) is 0 Å². The van der Waals surface area contributed by atoms with Crippen LogP contribution in [-0.4, -0.2) is 18.8 Å². The lowest BCUT2D eigenvalue weighted by atomic mass is 9.89. The van der Waals surface area contributed by atoms with E-state index in [9.17, 15) is 0 Å². The third kappa shape index (κ3) is 5.27. The molecular weight excluding hydrogens is 162 g/mol. The minimum atomic E-state index is -0.0819. The van der Waals surface area contributed by atoms with Crippen LogP contribution in [0.25, 0.3) is 0 Å². The molecule has 0 aromatic heterocycles. The summed E-state index contributed by atoms with van der Waals surface area (Å²) in [4.78, 5) is 0. The summed E-state index contributed by atoms with van der Waals surface area (Å²) in [5.41, 5.74) is 6.00. The fourth-order valence-electron chi connectivity index (χ4n) is 1.52. The van der Waals surface area contributed by atoms with Crippen LogP contribution in [0.15, 0.2) is 0 Å². The van der Waals surface area contributed by atoms with Gasteiger partial charge in [-0.3, -0.25) is 0 Å². The van der Waals surface area contributed by atoms with Crippen molar-refractivity contribution >= 4 is 0 Å². The van der Waals surface area contributed by atoms with E-state index < -0.39 is 0 Å². The van der Waals surface area contributed by atoms with Crippen LogP contribution in [-0.2, 0) is 4.74 Å². The van der Waals surface area contributed by atoms with E-state index in [1.165, 1.54) is 12.8 Å². The summed E-state index contributed by atoms with van der Waals surface area (Å²) in [6.45, 7) is 8.60. The third-order valence-electron chi connectivity index (χ3n) is 2.75. The maximum Gasteiger partial charge on any atom is 0.0637 e. The van der Waals surface area contributed by atoms with Crippen molar-refractivity contribution in [2.24, 2.45) is 11.7 Å². The molecule has 0 spiro atoms. The normalized spacial score (nSPS) is 17.1. The highest BCUT2D eigenvalue weighted by Gasteiger charge is 2.23. The van der Waals surface area contributed by atoms with Crippen molar-refractivity contribution < 1.29 is 4.74 Å². The molecule has 0 bridgehead atoms. The van der Waals surface area contributed by atoms with Gasteiger partial charge in [0.25, 0.3) is 0 Å². The van der Waals surface area contributed by atoms with Crippen LogP contribution in [0, 0.1) is 5.92 Å². The van der Waals surface area contributed by atoms with Crippen molar-refractivity contribution in [3.05, 3.63) is 0 Å². The predicted octanol–water partition coefficient (Wildman–Crippen LogP) is 2.57. The van der Waals surface area contributed by atoms with Crippen molar-refractivity contribution in [3.63, 3.8) is 0 Å².